The van der Waals surface area contributed by atoms with Gasteiger partial charge in [0.1, 0.15) is 0 Å². The van der Waals surface area contributed by atoms with Gasteiger partial charge < -0.3 is 14.6 Å². The van der Waals surface area contributed by atoms with E-state index in [9.17, 15) is 14.7 Å². The molecule has 0 radical (unpaired) electrons. The van der Waals surface area contributed by atoms with Gasteiger partial charge in [0.15, 0.2) is 22.4 Å². The third-order valence-corrected chi connectivity index (χ3v) is 9.00. The molecule has 4 aromatic rings. The van der Waals surface area contributed by atoms with Gasteiger partial charge in [-0.25, -0.2) is 9.97 Å². The molecular formula is C31H33N3O5S2. The second kappa shape index (κ2) is 11.6. The van der Waals surface area contributed by atoms with E-state index in [0.29, 0.717) is 46.0 Å². The molecule has 1 aliphatic rings. The summed E-state index contributed by atoms with van der Waals surface area (Å²) in [6.07, 6.45) is 1.89. The summed E-state index contributed by atoms with van der Waals surface area (Å²) in [6.45, 7) is 12.5. The van der Waals surface area contributed by atoms with Crippen LogP contribution in [0.1, 0.15) is 69.8 Å². The number of hydrogen-bond donors (Lipinski definition) is 1. The molecule has 8 nitrogen and oxygen atoms in total. The van der Waals surface area contributed by atoms with Crippen LogP contribution < -0.4 is 14.4 Å². The van der Waals surface area contributed by atoms with Gasteiger partial charge in [-0.1, -0.05) is 36.8 Å². The third kappa shape index (κ3) is 5.34. The molecule has 41 heavy (non-hydrogen) atoms. The fourth-order valence-electron chi connectivity index (χ4n) is 5.08. The Balaban J connectivity index is 1.68. The highest BCUT2D eigenvalue weighted by Crippen LogP contribution is 2.46. The van der Waals surface area contributed by atoms with Crippen LogP contribution in [0, 0.1) is 27.7 Å². The van der Waals surface area contributed by atoms with Gasteiger partial charge in [0.05, 0.1) is 50.6 Å². The van der Waals surface area contributed by atoms with Crippen molar-refractivity contribution in [1.82, 2.24) is 9.97 Å². The highest BCUT2D eigenvalue weighted by Gasteiger charge is 2.47. The fraction of sp³-hybridized carbons (Fsp3) is 0.355. The summed E-state index contributed by atoms with van der Waals surface area (Å²) in [4.78, 5) is 38.8. The Labute approximate surface area is 247 Å². The van der Waals surface area contributed by atoms with Gasteiger partial charge in [-0.15, -0.1) is 11.3 Å². The molecule has 0 aliphatic carbocycles. The van der Waals surface area contributed by atoms with Crippen LogP contribution in [-0.2, 0) is 4.79 Å². The lowest BCUT2D eigenvalue weighted by molar-refractivity contribution is -0.117. The first-order chi connectivity index (χ1) is 19.6. The Kier molecular flexibility index (Phi) is 8.15. The summed E-state index contributed by atoms with van der Waals surface area (Å²) in [5.74, 6) is -0.597. The number of amides is 1. The number of anilines is 1. The number of ether oxygens (including phenoxy) is 2. The Morgan fingerprint density at radius 2 is 1.80 bits per heavy atom. The highest BCUT2D eigenvalue weighted by atomic mass is 32.1. The first-order valence-electron chi connectivity index (χ1n) is 13.7. The van der Waals surface area contributed by atoms with Crippen molar-refractivity contribution in [3.8, 4) is 11.5 Å². The SMILES string of the molecule is CCCCOc1ccc(C2C(C(=O)c3sc(C)nc3C)=C(O)C(=O)N2c2nc3c(C)cc(C)cc3s2)cc1OCC. The molecule has 1 aliphatic heterocycles. The standard InChI is InChI=1S/C31H33N3O5S2/c1-7-9-12-39-21-11-10-20(15-22(21)38-8-2)26-24(27(35)29-18(5)32-19(6)40-29)28(36)30(37)34(26)31-33-25-17(4)13-16(3)14-23(25)41-31/h10-11,13-15,26,36H,7-9,12H2,1-6H3. The van der Waals surface area contributed by atoms with Crippen molar-refractivity contribution in [2.24, 2.45) is 0 Å². The van der Waals surface area contributed by atoms with E-state index in [1.165, 1.54) is 27.6 Å². The summed E-state index contributed by atoms with van der Waals surface area (Å²) in [5, 5.41) is 12.4. The number of hydrogen-bond acceptors (Lipinski definition) is 9. The number of nitrogens with zero attached hydrogens (tertiary/aromatic N) is 3. The van der Waals surface area contributed by atoms with Crippen LogP contribution in [0.15, 0.2) is 41.7 Å². The number of carbonyl (C=O) groups is 2. The Morgan fingerprint density at radius 3 is 2.49 bits per heavy atom. The van der Waals surface area contributed by atoms with Crippen molar-refractivity contribution >= 4 is 49.7 Å². The quantitative estimate of drug-likeness (QED) is 0.152. The molecule has 0 saturated carbocycles. The van der Waals surface area contributed by atoms with E-state index in [2.05, 4.69) is 11.9 Å². The summed E-state index contributed by atoms with van der Waals surface area (Å²) >= 11 is 2.60. The van der Waals surface area contributed by atoms with Gasteiger partial charge >= 0.3 is 0 Å². The molecule has 3 heterocycles. The molecule has 214 valence electrons. The van der Waals surface area contributed by atoms with Gasteiger partial charge in [0.2, 0.25) is 5.78 Å². The molecule has 2 aromatic carbocycles. The number of rotatable bonds is 10. The zero-order valence-corrected chi connectivity index (χ0v) is 25.7. The fourth-order valence-corrected chi connectivity index (χ4v) is 7.13. The van der Waals surface area contributed by atoms with E-state index in [4.69, 9.17) is 14.5 Å². The molecule has 0 saturated heterocycles. The Morgan fingerprint density at radius 1 is 1.02 bits per heavy atom. The van der Waals surface area contributed by atoms with Crippen molar-refractivity contribution in [2.45, 2.75) is 60.4 Å². The number of benzene rings is 2. The van der Waals surface area contributed by atoms with Crippen molar-refractivity contribution in [2.75, 3.05) is 18.1 Å². The van der Waals surface area contributed by atoms with Crippen molar-refractivity contribution in [1.29, 1.82) is 0 Å². The smallest absolute Gasteiger partial charge is 0.296 e. The molecule has 0 fully saturated rings. The van der Waals surface area contributed by atoms with Crippen LogP contribution in [0.2, 0.25) is 0 Å². The van der Waals surface area contributed by atoms with Crippen LogP contribution in [0.25, 0.3) is 10.2 Å². The Bertz CT molecular complexity index is 1690. The van der Waals surface area contributed by atoms with Crippen molar-refractivity contribution in [3.63, 3.8) is 0 Å². The predicted octanol–water partition coefficient (Wildman–Crippen LogP) is 7.35. The summed E-state index contributed by atoms with van der Waals surface area (Å²) < 4.78 is 12.8. The first-order valence-corrected chi connectivity index (χ1v) is 15.3. The van der Waals surface area contributed by atoms with Gasteiger partial charge in [0.25, 0.3) is 5.91 Å². The number of carbonyl (C=O) groups excluding carboxylic acids is 2. The van der Waals surface area contributed by atoms with Crippen LogP contribution in [0.3, 0.4) is 0 Å². The monoisotopic (exact) mass is 591 g/mol. The number of thiazole rings is 2. The molecular weight excluding hydrogens is 558 g/mol. The predicted molar refractivity (Wildman–Crippen MR) is 163 cm³/mol. The molecule has 0 spiro atoms. The van der Waals surface area contributed by atoms with Crippen LogP contribution in [-0.4, -0.2) is 40.0 Å². The lowest BCUT2D eigenvalue weighted by Crippen LogP contribution is -2.31. The summed E-state index contributed by atoms with van der Waals surface area (Å²) in [6, 6.07) is 8.54. The first kappa shape index (κ1) is 28.8. The highest BCUT2D eigenvalue weighted by molar-refractivity contribution is 7.22. The number of Topliss-reactive ketones (excluding diaryl/α,β-unsaturated/α-hetero) is 1. The van der Waals surface area contributed by atoms with E-state index in [-0.39, 0.29) is 5.57 Å². The van der Waals surface area contributed by atoms with E-state index >= 15 is 0 Å². The molecule has 1 unspecified atom stereocenters. The molecule has 1 N–H and O–H groups in total. The molecule has 1 atom stereocenters. The minimum atomic E-state index is -0.928. The average molecular weight is 592 g/mol. The minimum Gasteiger partial charge on any atom is -0.503 e. The number of aliphatic hydroxyl groups is 1. The molecule has 10 heteroatoms. The number of aliphatic hydroxyl groups excluding tert-OH is 1. The number of aryl methyl sites for hydroxylation is 4. The molecule has 1 amide bonds. The van der Waals surface area contributed by atoms with Crippen LogP contribution >= 0.6 is 22.7 Å². The van der Waals surface area contributed by atoms with Gasteiger partial charge in [-0.05, 0) is 75.9 Å². The molecule has 0 bridgehead atoms. The third-order valence-electron chi connectivity index (χ3n) is 6.93. The summed E-state index contributed by atoms with van der Waals surface area (Å²) in [7, 11) is 0. The molecule has 2 aromatic heterocycles. The van der Waals surface area contributed by atoms with E-state index in [1.54, 1.807) is 19.1 Å². The van der Waals surface area contributed by atoms with Gasteiger partial charge in [-0.3, -0.25) is 14.5 Å². The lowest BCUT2D eigenvalue weighted by atomic mass is 9.95. The van der Waals surface area contributed by atoms with E-state index in [1.807, 2.05) is 45.9 Å². The number of ketones is 1. The molecule has 5 rings (SSSR count). The summed E-state index contributed by atoms with van der Waals surface area (Å²) in [5.41, 5.74) is 4.01. The second-order valence-corrected chi connectivity index (χ2v) is 12.3. The number of unbranched alkanes of at least 4 members (excludes halogenated alkanes) is 1. The topological polar surface area (TPSA) is 102 Å². The van der Waals surface area contributed by atoms with Crippen molar-refractivity contribution < 1.29 is 24.2 Å². The zero-order chi connectivity index (χ0) is 29.4. The lowest BCUT2D eigenvalue weighted by Gasteiger charge is -2.25. The minimum absolute atomic E-state index is 0.00370. The Hall–Kier alpha value is -3.76. The maximum Gasteiger partial charge on any atom is 0.296 e. The van der Waals surface area contributed by atoms with Gasteiger partial charge in [-0.2, -0.15) is 0 Å². The number of aromatic nitrogens is 2. The van der Waals surface area contributed by atoms with Crippen LogP contribution in [0.5, 0.6) is 11.5 Å². The van der Waals surface area contributed by atoms with E-state index in [0.717, 1.165) is 39.2 Å². The van der Waals surface area contributed by atoms with E-state index < -0.39 is 23.5 Å². The van der Waals surface area contributed by atoms with Gasteiger partial charge in [0, 0.05) is 0 Å². The maximum absolute atomic E-state index is 14.0. The normalized spacial score (nSPS) is 15.3. The maximum atomic E-state index is 14.0. The number of fused-ring (bicyclic) bond motifs is 1. The van der Waals surface area contributed by atoms with Crippen molar-refractivity contribution in [3.05, 3.63) is 73.9 Å². The average Bonchev–Trinajstić information content (AvgIpc) is 3.58. The second-order valence-electron chi connectivity index (χ2n) is 10.1. The van der Waals surface area contributed by atoms with Crippen LogP contribution in [0.4, 0.5) is 5.13 Å². The zero-order valence-electron chi connectivity index (χ0n) is 24.0. The largest absolute Gasteiger partial charge is 0.503 e.